The molecule has 0 amide bonds. The summed E-state index contributed by atoms with van der Waals surface area (Å²) in [7, 11) is 0. The van der Waals surface area contributed by atoms with E-state index in [0.717, 1.165) is 6.26 Å². The minimum absolute atomic E-state index is 0.0559. The van der Waals surface area contributed by atoms with Crippen LogP contribution in [-0.4, -0.2) is 17.0 Å². The van der Waals surface area contributed by atoms with Gasteiger partial charge in [0.15, 0.2) is 11.5 Å². The van der Waals surface area contributed by atoms with Gasteiger partial charge in [-0.25, -0.2) is 0 Å². The highest BCUT2D eigenvalue weighted by molar-refractivity contribution is 5.73. The zero-order valence-electron chi connectivity index (χ0n) is 9.52. The number of ether oxygens (including phenoxy) is 2. The van der Waals surface area contributed by atoms with E-state index in [1.807, 2.05) is 0 Å². The van der Waals surface area contributed by atoms with E-state index in [4.69, 9.17) is 14.6 Å². The molecule has 0 saturated carbocycles. The van der Waals surface area contributed by atoms with Crippen molar-refractivity contribution in [3.63, 3.8) is 0 Å². The number of aliphatic hydroxyl groups is 1. The monoisotopic (exact) mass is 236 g/mol. The van der Waals surface area contributed by atoms with Crippen LogP contribution in [0.5, 0.6) is 11.5 Å². The van der Waals surface area contributed by atoms with Crippen LogP contribution in [0.3, 0.4) is 0 Å². The molecule has 1 aromatic carbocycles. The maximum atomic E-state index is 10.9. The second-order valence-electron chi connectivity index (χ2n) is 3.31. The van der Waals surface area contributed by atoms with Gasteiger partial charge in [0.05, 0.1) is 6.26 Å². The van der Waals surface area contributed by atoms with Gasteiger partial charge < -0.3 is 14.6 Å². The number of carbonyl (C=O) groups is 2. The van der Waals surface area contributed by atoms with E-state index in [1.54, 1.807) is 0 Å². The third-order valence-corrected chi connectivity index (χ3v) is 1.85. The summed E-state index contributed by atoms with van der Waals surface area (Å²) in [5.74, 6) is -0.957. The summed E-state index contributed by atoms with van der Waals surface area (Å²) in [5.41, 5.74) is 0. The first-order chi connectivity index (χ1) is 7.93. The molecule has 0 spiro atoms. The predicted octanol–water partition coefficient (Wildman–Crippen LogP) is 0.243. The molecule has 0 saturated heterocycles. The Bertz CT molecular complexity index is 559. The summed E-state index contributed by atoms with van der Waals surface area (Å²) >= 11 is 0. The summed E-state index contributed by atoms with van der Waals surface area (Å²) in [4.78, 5) is 21.8. The highest BCUT2D eigenvalue weighted by atomic mass is 16.6. The van der Waals surface area contributed by atoms with E-state index < -0.39 is 11.9 Å². The Labute approximate surface area is 97.6 Å². The first-order valence-corrected chi connectivity index (χ1v) is 4.78. The lowest BCUT2D eigenvalue weighted by Crippen LogP contribution is -2.24. The van der Waals surface area contributed by atoms with Gasteiger partial charge in [0.2, 0.25) is 0 Å². The molecule has 5 heteroatoms. The van der Waals surface area contributed by atoms with Gasteiger partial charge in [-0.15, -0.1) is 0 Å². The van der Waals surface area contributed by atoms with Crippen molar-refractivity contribution in [1.82, 2.24) is 0 Å². The largest absolute Gasteiger partial charge is 0.515 e. The maximum Gasteiger partial charge on any atom is 0.308 e. The molecule has 0 fully saturated rings. The van der Waals surface area contributed by atoms with Crippen molar-refractivity contribution in [3.05, 3.63) is 22.6 Å². The van der Waals surface area contributed by atoms with Gasteiger partial charge in [0, 0.05) is 19.1 Å². The molecule has 0 aliphatic rings. The van der Waals surface area contributed by atoms with Crippen LogP contribution >= 0.6 is 0 Å². The lowest BCUT2D eigenvalue weighted by Gasteiger charge is -2.08. The number of carbonyl (C=O) groups excluding carboxylic acids is 2. The summed E-state index contributed by atoms with van der Waals surface area (Å²) in [6.07, 6.45) is 0.826. The fourth-order valence-corrected chi connectivity index (χ4v) is 1.21. The Morgan fingerprint density at radius 3 is 2.06 bits per heavy atom. The first-order valence-electron chi connectivity index (χ1n) is 4.78. The standard InChI is InChI=1S/C12H12O5/c1-7-4-11(16-8(2)14)12(17-9(3)15)5-10(7)6-13/h4-6,13H,1H2,2-3H3/b10-6+. The SMILES string of the molecule is C=c1cc(OC(C)=O)c(OC(C)=O)c/c1=C\O. The Morgan fingerprint density at radius 1 is 1.18 bits per heavy atom. The second kappa shape index (κ2) is 5.16. The number of hydrogen-bond donors (Lipinski definition) is 1. The van der Waals surface area contributed by atoms with E-state index in [1.165, 1.54) is 26.0 Å². The predicted molar refractivity (Wildman–Crippen MR) is 60.9 cm³/mol. The van der Waals surface area contributed by atoms with Crippen LogP contribution < -0.4 is 19.9 Å². The van der Waals surface area contributed by atoms with Crippen LogP contribution in [0.1, 0.15) is 13.8 Å². The fraction of sp³-hybridized carbons (Fsp3) is 0.167. The summed E-state index contributed by atoms with van der Waals surface area (Å²) in [6, 6.07) is 2.77. The second-order valence-corrected chi connectivity index (χ2v) is 3.31. The van der Waals surface area contributed by atoms with Crippen LogP contribution in [0.15, 0.2) is 12.1 Å². The smallest absolute Gasteiger partial charge is 0.308 e. The van der Waals surface area contributed by atoms with E-state index in [0.29, 0.717) is 10.4 Å². The fourth-order valence-electron chi connectivity index (χ4n) is 1.21. The number of benzene rings is 1. The van der Waals surface area contributed by atoms with Gasteiger partial charge in [-0.05, 0) is 17.4 Å². The summed E-state index contributed by atoms with van der Waals surface area (Å²) in [5, 5.41) is 9.75. The van der Waals surface area contributed by atoms with Gasteiger partial charge in [-0.1, -0.05) is 6.58 Å². The Balaban J connectivity index is 3.35. The molecule has 0 aliphatic heterocycles. The quantitative estimate of drug-likeness (QED) is 0.588. The molecule has 0 aliphatic carbocycles. The minimum Gasteiger partial charge on any atom is -0.515 e. The molecule has 0 unspecified atom stereocenters. The molecular formula is C12H12O5. The van der Waals surface area contributed by atoms with E-state index in [-0.39, 0.29) is 11.5 Å². The Hall–Kier alpha value is -2.30. The van der Waals surface area contributed by atoms with E-state index in [9.17, 15) is 9.59 Å². The molecule has 0 radical (unpaired) electrons. The van der Waals surface area contributed by atoms with Crippen LogP contribution in [0.4, 0.5) is 0 Å². The van der Waals surface area contributed by atoms with Crippen molar-refractivity contribution in [2.24, 2.45) is 0 Å². The Kier molecular flexibility index (Phi) is 3.87. The number of esters is 2. The lowest BCUT2D eigenvalue weighted by atomic mass is 10.2. The molecular weight excluding hydrogens is 224 g/mol. The molecule has 17 heavy (non-hydrogen) atoms. The van der Waals surface area contributed by atoms with Gasteiger partial charge in [-0.2, -0.15) is 0 Å². The Morgan fingerprint density at radius 2 is 1.65 bits per heavy atom. The topological polar surface area (TPSA) is 72.8 Å². The van der Waals surface area contributed by atoms with E-state index >= 15 is 0 Å². The summed E-state index contributed by atoms with van der Waals surface area (Å²) in [6.45, 7) is 6.11. The van der Waals surface area contributed by atoms with Crippen LogP contribution in [0.25, 0.3) is 12.8 Å². The van der Waals surface area contributed by atoms with Crippen molar-refractivity contribution in [1.29, 1.82) is 0 Å². The highest BCUT2D eigenvalue weighted by Gasteiger charge is 2.10. The molecule has 1 rings (SSSR count). The molecule has 0 aromatic heterocycles. The van der Waals surface area contributed by atoms with Gasteiger partial charge in [0.25, 0.3) is 0 Å². The molecule has 1 aromatic rings. The molecule has 90 valence electrons. The third kappa shape index (κ3) is 3.34. The van der Waals surface area contributed by atoms with Crippen LogP contribution in [0, 0.1) is 0 Å². The summed E-state index contributed by atoms with van der Waals surface area (Å²) < 4.78 is 9.74. The first kappa shape index (κ1) is 12.8. The van der Waals surface area contributed by atoms with Crippen molar-refractivity contribution in [2.75, 3.05) is 0 Å². The van der Waals surface area contributed by atoms with Crippen molar-refractivity contribution in [3.8, 4) is 11.5 Å². The van der Waals surface area contributed by atoms with Gasteiger partial charge >= 0.3 is 11.9 Å². The zero-order valence-corrected chi connectivity index (χ0v) is 9.52. The van der Waals surface area contributed by atoms with Crippen LogP contribution in [-0.2, 0) is 9.59 Å². The molecule has 1 N–H and O–H groups in total. The average Bonchev–Trinajstić information content (AvgIpc) is 2.20. The maximum absolute atomic E-state index is 10.9. The van der Waals surface area contributed by atoms with E-state index in [2.05, 4.69) is 6.58 Å². The number of aliphatic hydroxyl groups excluding tert-OH is 1. The molecule has 0 heterocycles. The molecule has 0 atom stereocenters. The molecule has 0 bridgehead atoms. The zero-order chi connectivity index (χ0) is 13.0. The number of rotatable bonds is 2. The van der Waals surface area contributed by atoms with Crippen molar-refractivity contribution >= 4 is 24.8 Å². The van der Waals surface area contributed by atoms with Crippen molar-refractivity contribution in [2.45, 2.75) is 13.8 Å². The van der Waals surface area contributed by atoms with Crippen molar-refractivity contribution < 1.29 is 24.2 Å². The molecule has 5 nitrogen and oxygen atoms in total. The number of hydrogen-bond acceptors (Lipinski definition) is 5. The normalized spacial score (nSPS) is 11.1. The average molecular weight is 236 g/mol. The highest BCUT2D eigenvalue weighted by Crippen LogP contribution is 2.23. The third-order valence-electron chi connectivity index (χ3n) is 1.85. The minimum atomic E-state index is -0.556. The van der Waals surface area contributed by atoms with Crippen LogP contribution in [0.2, 0.25) is 0 Å². The van der Waals surface area contributed by atoms with Gasteiger partial charge in [-0.3, -0.25) is 9.59 Å². The van der Waals surface area contributed by atoms with Gasteiger partial charge in [0.1, 0.15) is 0 Å². The lowest BCUT2D eigenvalue weighted by molar-refractivity contribution is -0.134.